The van der Waals surface area contributed by atoms with Crippen molar-refractivity contribution in [3.05, 3.63) is 53.9 Å². The van der Waals surface area contributed by atoms with E-state index in [9.17, 15) is 4.39 Å². The minimum atomic E-state index is -0.196. The van der Waals surface area contributed by atoms with Crippen LogP contribution in [0.5, 0.6) is 0 Å². The van der Waals surface area contributed by atoms with Gasteiger partial charge in [-0.05, 0) is 17.7 Å². The SMILES string of the molecule is Cn1cnc(Cc2cccc(F)c2)c1. The smallest absolute Gasteiger partial charge is 0.123 e. The molecule has 0 N–H and O–H groups in total. The Hall–Kier alpha value is -1.64. The van der Waals surface area contributed by atoms with Crippen molar-refractivity contribution in [2.24, 2.45) is 7.05 Å². The highest BCUT2D eigenvalue weighted by atomic mass is 19.1. The first kappa shape index (κ1) is 8.94. The van der Waals surface area contributed by atoms with Gasteiger partial charge in [0.15, 0.2) is 0 Å². The molecule has 0 saturated carbocycles. The second kappa shape index (κ2) is 3.62. The molecule has 0 fully saturated rings. The van der Waals surface area contributed by atoms with Crippen molar-refractivity contribution < 1.29 is 4.39 Å². The number of hydrogen-bond acceptors (Lipinski definition) is 1. The number of nitrogens with zero attached hydrogens (tertiary/aromatic N) is 2. The minimum Gasteiger partial charge on any atom is -0.340 e. The Labute approximate surface area is 82.0 Å². The molecule has 1 heterocycles. The molecule has 0 unspecified atom stereocenters. The zero-order valence-electron chi connectivity index (χ0n) is 7.94. The first-order chi connectivity index (χ1) is 6.74. The molecule has 3 heteroatoms. The van der Waals surface area contributed by atoms with Crippen LogP contribution < -0.4 is 0 Å². The predicted octanol–water partition coefficient (Wildman–Crippen LogP) is 2.15. The highest BCUT2D eigenvalue weighted by Gasteiger charge is 1.99. The summed E-state index contributed by atoms with van der Waals surface area (Å²) in [5.74, 6) is -0.196. The van der Waals surface area contributed by atoms with Gasteiger partial charge in [-0.15, -0.1) is 0 Å². The summed E-state index contributed by atoms with van der Waals surface area (Å²) in [6.45, 7) is 0. The molecule has 0 amide bonds. The molecule has 0 radical (unpaired) electrons. The van der Waals surface area contributed by atoms with Crippen LogP contribution in [0.2, 0.25) is 0 Å². The molecule has 0 aliphatic carbocycles. The lowest BCUT2D eigenvalue weighted by Gasteiger charge is -1.97. The van der Waals surface area contributed by atoms with Crippen LogP contribution in [-0.2, 0) is 13.5 Å². The normalized spacial score (nSPS) is 10.4. The van der Waals surface area contributed by atoms with Gasteiger partial charge in [0.05, 0.1) is 12.0 Å². The van der Waals surface area contributed by atoms with Crippen LogP contribution >= 0.6 is 0 Å². The summed E-state index contributed by atoms with van der Waals surface area (Å²) < 4.78 is 14.7. The lowest BCUT2D eigenvalue weighted by molar-refractivity contribution is 0.626. The van der Waals surface area contributed by atoms with Crippen molar-refractivity contribution in [2.75, 3.05) is 0 Å². The van der Waals surface area contributed by atoms with Crippen molar-refractivity contribution in [3.63, 3.8) is 0 Å². The van der Waals surface area contributed by atoms with E-state index in [1.165, 1.54) is 12.1 Å². The quantitative estimate of drug-likeness (QED) is 0.709. The van der Waals surface area contributed by atoms with E-state index in [-0.39, 0.29) is 5.82 Å². The number of halogens is 1. The Morgan fingerprint density at radius 3 is 2.93 bits per heavy atom. The largest absolute Gasteiger partial charge is 0.340 e. The maximum atomic E-state index is 12.8. The van der Waals surface area contributed by atoms with Gasteiger partial charge in [0.25, 0.3) is 0 Å². The molecular formula is C11H11FN2. The molecule has 1 aromatic heterocycles. The molecule has 0 atom stereocenters. The third kappa shape index (κ3) is 1.99. The highest BCUT2D eigenvalue weighted by molar-refractivity contribution is 5.21. The van der Waals surface area contributed by atoms with E-state index in [0.29, 0.717) is 6.42 Å². The van der Waals surface area contributed by atoms with Crippen molar-refractivity contribution in [1.82, 2.24) is 9.55 Å². The van der Waals surface area contributed by atoms with Gasteiger partial charge in [0, 0.05) is 19.7 Å². The molecular weight excluding hydrogens is 179 g/mol. The van der Waals surface area contributed by atoms with E-state index in [1.807, 2.05) is 23.9 Å². The highest BCUT2D eigenvalue weighted by Crippen LogP contribution is 2.08. The fourth-order valence-corrected chi connectivity index (χ4v) is 1.41. The predicted molar refractivity (Wildman–Crippen MR) is 52.4 cm³/mol. The summed E-state index contributed by atoms with van der Waals surface area (Å²) in [5.41, 5.74) is 1.90. The van der Waals surface area contributed by atoms with Gasteiger partial charge in [-0.1, -0.05) is 12.1 Å². The fourth-order valence-electron chi connectivity index (χ4n) is 1.41. The van der Waals surface area contributed by atoms with Crippen LogP contribution in [0.4, 0.5) is 4.39 Å². The second-order valence-electron chi connectivity index (χ2n) is 3.34. The molecule has 2 nitrogen and oxygen atoms in total. The molecule has 0 aliphatic rings. The summed E-state index contributed by atoms with van der Waals surface area (Å²) in [4.78, 5) is 4.18. The van der Waals surface area contributed by atoms with Crippen LogP contribution in [0.15, 0.2) is 36.8 Å². The zero-order chi connectivity index (χ0) is 9.97. The van der Waals surface area contributed by atoms with Crippen molar-refractivity contribution in [2.45, 2.75) is 6.42 Å². The molecule has 14 heavy (non-hydrogen) atoms. The van der Waals surface area contributed by atoms with Gasteiger partial charge in [0.2, 0.25) is 0 Å². The average molecular weight is 190 g/mol. The summed E-state index contributed by atoms with van der Waals surface area (Å²) in [6.07, 6.45) is 4.36. The molecule has 2 aromatic rings. The topological polar surface area (TPSA) is 17.8 Å². The molecule has 0 spiro atoms. The molecule has 0 saturated heterocycles. The van der Waals surface area contributed by atoms with E-state index in [4.69, 9.17) is 0 Å². The van der Waals surface area contributed by atoms with E-state index in [2.05, 4.69) is 4.98 Å². The first-order valence-corrected chi connectivity index (χ1v) is 4.45. The van der Waals surface area contributed by atoms with Crippen LogP contribution in [0, 0.1) is 5.82 Å². The van der Waals surface area contributed by atoms with Gasteiger partial charge in [0.1, 0.15) is 5.82 Å². The molecule has 0 aliphatic heterocycles. The Morgan fingerprint density at radius 2 is 2.29 bits per heavy atom. The summed E-state index contributed by atoms with van der Waals surface area (Å²) in [5, 5.41) is 0. The Bertz CT molecular complexity index is 434. The minimum absolute atomic E-state index is 0.196. The number of aryl methyl sites for hydroxylation is 1. The first-order valence-electron chi connectivity index (χ1n) is 4.45. The molecule has 2 rings (SSSR count). The van der Waals surface area contributed by atoms with Gasteiger partial charge in [-0.3, -0.25) is 0 Å². The van der Waals surface area contributed by atoms with E-state index in [0.717, 1.165) is 11.3 Å². The van der Waals surface area contributed by atoms with Gasteiger partial charge < -0.3 is 4.57 Å². The lowest BCUT2D eigenvalue weighted by Crippen LogP contribution is -1.89. The zero-order valence-corrected chi connectivity index (χ0v) is 7.94. The maximum Gasteiger partial charge on any atom is 0.123 e. The van der Waals surface area contributed by atoms with Gasteiger partial charge in [-0.2, -0.15) is 0 Å². The van der Waals surface area contributed by atoms with Gasteiger partial charge in [-0.25, -0.2) is 9.37 Å². The van der Waals surface area contributed by atoms with Crippen molar-refractivity contribution >= 4 is 0 Å². The molecule has 72 valence electrons. The van der Waals surface area contributed by atoms with Crippen molar-refractivity contribution in [3.8, 4) is 0 Å². The summed E-state index contributed by atoms with van der Waals surface area (Å²) in [6, 6.07) is 6.60. The summed E-state index contributed by atoms with van der Waals surface area (Å²) >= 11 is 0. The van der Waals surface area contributed by atoms with Crippen LogP contribution in [0.3, 0.4) is 0 Å². The standard InChI is InChI=1S/C11H11FN2/c1-14-7-11(13-8-14)6-9-3-2-4-10(12)5-9/h2-5,7-8H,6H2,1H3. The van der Waals surface area contributed by atoms with Crippen LogP contribution in [0.25, 0.3) is 0 Å². The number of benzene rings is 1. The summed E-state index contributed by atoms with van der Waals surface area (Å²) in [7, 11) is 1.92. The maximum absolute atomic E-state index is 12.8. The molecule has 0 bridgehead atoms. The van der Waals surface area contributed by atoms with E-state index >= 15 is 0 Å². The third-order valence-corrected chi connectivity index (χ3v) is 2.03. The van der Waals surface area contributed by atoms with E-state index in [1.54, 1.807) is 12.4 Å². The average Bonchev–Trinajstić information content (AvgIpc) is 2.51. The van der Waals surface area contributed by atoms with Crippen molar-refractivity contribution in [1.29, 1.82) is 0 Å². The third-order valence-electron chi connectivity index (χ3n) is 2.03. The lowest BCUT2D eigenvalue weighted by atomic mass is 10.1. The number of aromatic nitrogens is 2. The second-order valence-corrected chi connectivity index (χ2v) is 3.34. The number of hydrogen-bond donors (Lipinski definition) is 0. The molecule has 1 aromatic carbocycles. The van der Waals surface area contributed by atoms with E-state index < -0.39 is 0 Å². The fraction of sp³-hybridized carbons (Fsp3) is 0.182. The Balaban J connectivity index is 2.18. The Morgan fingerprint density at radius 1 is 1.43 bits per heavy atom. The van der Waals surface area contributed by atoms with Crippen LogP contribution in [-0.4, -0.2) is 9.55 Å². The number of imidazole rings is 1. The number of rotatable bonds is 2. The monoisotopic (exact) mass is 190 g/mol. The van der Waals surface area contributed by atoms with Gasteiger partial charge >= 0.3 is 0 Å². The van der Waals surface area contributed by atoms with Crippen LogP contribution in [0.1, 0.15) is 11.3 Å². The Kier molecular flexibility index (Phi) is 2.31.